The van der Waals surface area contributed by atoms with Crippen LogP contribution in [0.1, 0.15) is 25.1 Å². The maximum Gasteiger partial charge on any atom is 0.534 e. The molecule has 0 radical (unpaired) electrons. The van der Waals surface area contributed by atoms with Gasteiger partial charge in [0.25, 0.3) is 5.56 Å². The fourth-order valence-corrected chi connectivity index (χ4v) is 4.10. The van der Waals surface area contributed by atoms with Crippen molar-refractivity contribution in [3.63, 3.8) is 0 Å². The number of aryl methyl sites for hydroxylation is 1. The molecular weight excluding hydrogens is 489 g/mol. The molecule has 0 aliphatic rings. The summed E-state index contributed by atoms with van der Waals surface area (Å²) in [6, 6.07) is 10.2. The Morgan fingerprint density at radius 1 is 1.11 bits per heavy atom. The van der Waals surface area contributed by atoms with Crippen LogP contribution >= 0.6 is 0 Å². The molecule has 3 rings (SSSR count). The molecule has 2 aromatic carbocycles. The summed E-state index contributed by atoms with van der Waals surface area (Å²) in [6.45, 7) is 5.56. The normalized spacial score (nSPS) is 12.2. The highest BCUT2D eigenvalue weighted by Crippen LogP contribution is 2.35. The summed E-state index contributed by atoms with van der Waals surface area (Å²) < 4.78 is 67.4. The van der Waals surface area contributed by atoms with Crippen LogP contribution in [0.5, 0.6) is 5.75 Å². The van der Waals surface area contributed by atoms with E-state index in [1.165, 1.54) is 10.6 Å². The number of hydrogen-bond acceptors (Lipinski definition) is 5. The molecule has 0 fully saturated rings. The number of halogens is 3. The molecule has 0 aliphatic carbocycles. The average Bonchev–Trinajstić information content (AvgIpc) is 2.74. The van der Waals surface area contributed by atoms with Crippen molar-refractivity contribution in [2.45, 2.75) is 39.4 Å². The maximum absolute atomic E-state index is 13.4. The topological polar surface area (TPSA) is 115 Å². The van der Waals surface area contributed by atoms with Gasteiger partial charge >= 0.3 is 21.7 Å². The predicted octanol–water partition coefficient (Wildman–Crippen LogP) is 4.63. The Bertz CT molecular complexity index is 1430. The fraction of sp³-hybridized carbons (Fsp3) is 0.304. The molecule has 8 nitrogen and oxygen atoms in total. The third-order valence-electron chi connectivity index (χ3n) is 5.13. The van der Waals surface area contributed by atoms with E-state index in [-0.39, 0.29) is 35.5 Å². The van der Waals surface area contributed by atoms with Gasteiger partial charge in [0.1, 0.15) is 5.75 Å². The third kappa shape index (κ3) is 5.59. The second-order valence-corrected chi connectivity index (χ2v) is 9.88. The summed E-state index contributed by atoms with van der Waals surface area (Å²) in [5, 5.41) is 11.7. The van der Waals surface area contributed by atoms with E-state index in [1.807, 2.05) is 20.8 Å². The van der Waals surface area contributed by atoms with Crippen molar-refractivity contribution in [1.82, 2.24) is 9.88 Å². The lowest BCUT2D eigenvalue weighted by Crippen LogP contribution is -2.31. The average molecular weight is 513 g/mol. The summed E-state index contributed by atoms with van der Waals surface area (Å²) in [7, 11) is -5.94. The Labute approximate surface area is 199 Å². The molecular formula is C23H23F3N2O6S. The molecule has 0 saturated carbocycles. The third-order valence-corrected chi connectivity index (χ3v) is 6.11. The van der Waals surface area contributed by atoms with Gasteiger partial charge < -0.3 is 19.2 Å². The Morgan fingerprint density at radius 3 is 2.29 bits per heavy atom. The van der Waals surface area contributed by atoms with E-state index < -0.39 is 33.0 Å². The molecule has 0 bridgehead atoms. The lowest BCUT2D eigenvalue weighted by molar-refractivity contribution is -0.0500. The summed E-state index contributed by atoms with van der Waals surface area (Å²) in [4.78, 5) is 24.6. The first-order chi connectivity index (χ1) is 16.2. The number of benzene rings is 2. The SMILES string of the molecule is Cc1ccc(-c2c(CNC(=O)O)n(CC(C)C)c(=O)c3ccc(OS(=O)(=O)C(F)(F)F)cc23)cc1. The first-order valence-corrected chi connectivity index (χ1v) is 11.9. The van der Waals surface area contributed by atoms with Crippen LogP contribution in [0.25, 0.3) is 21.9 Å². The number of fused-ring (bicyclic) bond motifs is 1. The highest BCUT2D eigenvalue weighted by atomic mass is 32.2. The number of rotatable bonds is 7. The smallest absolute Gasteiger partial charge is 0.465 e. The van der Waals surface area contributed by atoms with Gasteiger partial charge in [0.15, 0.2) is 0 Å². The van der Waals surface area contributed by atoms with E-state index in [0.29, 0.717) is 11.1 Å². The van der Waals surface area contributed by atoms with E-state index in [4.69, 9.17) is 0 Å². The molecule has 0 aliphatic heterocycles. The van der Waals surface area contributed by atoms with Gasteiger partial charge in [-0.05, 0) is 36.6 Å². The number of carboxylic acid groups (broad SMARTS) is 1. The summed E-state index contributed by atoms with van der Waals surface area (Å²) in [5.74, 6) is -0.638. The van der Waals surface area contributed by atoms with Gasteiger partial charge in [0.05, 0.1) is 6.54 Å². The van der Waals surface area contributed by atoms with Crippen LogP contribution in [0.15, 0.2) is 47.3 Å². The van der Waals surface area contributed by atoms with Gasteiger partial charge in [-0.1, -0.05) is 43.7 Å². The van der Waals surface area contributed by atoms with Gasteiger partial charge in [0, 0.05) is 28.6 Å². The molecule has 12 heteroatoms. The second kappa shape index (κ2) is 9.61. The molecule has 0 unspecified atom stereocenters. The van der Waals surface area contributed by atoms with Crippen molar-refractivity contribution in [1.29, 1.82) is 0 Å². The maximum atomic E-state index is 13.4. The molecule has 3 aromatic rings. The molecule has 1 amide bonds. The van der Waals surface area contributed by atoms with Crippen molar-refractivity contribution in [3.05, 3.63) is 64.1 Å². The highest BCUT2D eigenvalue weighted by Gasteiger charge is 2.48. The minimum absolute atomic E-state index is 0.000805. The lowest BCUT2D eigenvalue weighted by atomic mass is 9.95. The van der Waals surface area contributed by atoms with E-state index in [1.54, 1.807) is 24.3 Å². The number of pyridine rings is 1. The van der Waals surface area contributed by atoms with Crippen LogP contribution in [0.4, 0.5) is 18.0 Å². The summed E-state index contributed by atoms with van der Waals surface area (Å²) in [5.41, 5.74) is -4.03. The Balaban J connectivity index is 2.40. The first-order valence-electron chi connectivity index (χ1n) is 10.4. The monoisotopic (exact) mass is 512 g/mol. The molecule has 0 atom stereocenters. The van der Waals surface area contributed by atoms with Crippen LogP contribution < -0.4 is 15.1 Å². The second-order valence-electron chi connectivity index (χ2n) is 8.35. The molecule has 2 N–H and O–H groups in total. The summed E-state index contributed by atoms with van der Waals surface area (Å²) >= 11 is 0. The zero-order chi connectivity index (χ0) is 26.1. The van der Waals surface area contributed by atoms with Gasteiger partial charge in [-0.25, -0.2) is 4.79 Å². The van der Waals surface area contributed by atoms with Crippen LogP contribution in [-0.2, 0) is 23.2 Å². The number of carbonyl (C=O) groups is 1. The van der Waals surface area contributed by atoms with Gasteiger partial charge in [0.2, 0.25) is 0 Å². The molecule has 0 spiro atoms. The quantitative estimate of drug-likeness (QED) is 0.352. The molecule has 1 heterocycles. The Hall–Kier alpha value is -3.54. The molecule has 35 heavy (non-hydrogen) atoms. The minimum Gasteiger partial charge on any atom is -0.465 e. The van der Waals surface area contributed by atoms with Crippen molar-refractivity contribution in [2.24, 2.45) is 5.92 Å². The van der Waals surface area contributed by atoms with E-state index in [9.17, 15) is 36.3 Å². The highest BCUT2D eigenvalue weighted by molar-refractivity contribution is 7.88. The van der Waals surface area contributed by atoms with Crippen LogP contribution in [0.2, 0.25) is 0 Å². The first kappa shape index (κ1) is 26.1. The lowest BCUT2D eigenvalue weighted by Gasteiger charge is -2.22. The van der Waals surface area contributed by atoms with E-state index >= 15 is 0 Å². The van der Waals surface area contributed by atoms with Gasteiger partial charge in [-0.3, -0.25) is 4.79 Å². The number of alkyl halides is 3. The predicted molar refractivity (Wildman–Crippen MR) is 124 cm³/mol. The van der Waals surface area contributed by atoms with E-state index in [0.717, 1.165) is 17.7 Å². The number of hydrogen-bond donors (Lipinski definition) is 2. The molecule has 1 aromatic heterocycles. The Morgan fingerprint density at radius 2 is 1.74 bits per heavy atom. The van der Waals surface area contributed by atoms with E-state index in [2.05, 4.69) is 9.50 Å². The molecule has 0 saturated heterocycles. The van der Waals surface area contributed by atoms with Crippen molar-refractivity contribution < 1.29 is 35.7 Å². The zero-order valence-electron chi connectivity index (χ0n) is 19.0. The van der Waals surface area contributed by atoms with Crippen molar-refractivity contribution in [2.75, 3.05) is 0 Å². The molecule has 188 valence electrons. The van der Waals surface area contributed by atoms with Crippen LogP contribution in [0, 0.1) is 12.8 Å². The number of nitrogens with one attached hydrogen (secondary N) is 1. The number of amides is 1. The fourth-order valence-electron chi connectivity index (χ4n) is 3.64. The van der Waals surface area contributed by atoms with Crippen LogP contribution in [0.3, 0.4) is 0 Å². The van der Waals surface area contributed by atoms with Crippen molar-refractivity contribution in [3.8, 4) is 16.9 Å². The number of nitrogens with zero attached hydrogens (tertiary/aromatic N) is 1. The zero-order valence-corrected chi connectivity index (χ0v) is 19.8. The summed E-state index contributed by atoms with van der Waals surface area (Å²) in [6.07, 6.45) is -1.34. The number of aromatic nitrogens is 1. The standard InChI is InChI=1S/C23H23F3N2O6S/c1-13(2)12-28-19(11-27-22(30)31)20(15-6-4-14(3)5-7-15)18-10-16(8-9-17(18)21(28)29)34-35(32,33)23(24,25)26/h4-10,13,27H,11-12H2,1-3H3,(H,30,31). The largest absolute Gasteiger partial charge is 0.534 e. The minimum atomic E-state index is -5.94. The van der Waals surface area contributed by atoms with Gasteiger partial charge in [-0.15, -0.1) is 0 Å². The van der Waals surface area contributed by atoms with Crippen LogP contribution in [-0.4, -0.2) is 29.7 Å². The van der Waals surface area contributed by atoms with Crippen molar-refractivity contribution >= 4 is 27.0 Å². The Kier molecular flexibility index (Phi) is 7.16. The van der Waals surface area contributed by atoms with Gasteiger partial charge in [-0.2, -0.15) is 21.6 Å².